The second-order valence-corrected chi connectivity index (χ2v) is 5.74. The van der Waals surface area contributed by atoms with Crippen LogP contribution in [0, 0.1) is 0 Å². The van der Waals surface area contributed by atoms with Gasteiger partial charge < -0.3 is 10.1 Å². The Balaban J connectivity index is 2.28. The summed E-state index contributed by atoms with van der Waals surface area (Å²) >= 11 is 3.59. The molecule has 0 spiro atoms. The maximum absolute atomic E-state index is 5.86. The van der Waals surface area contributed by atoms with Gasteiger partial charge in [0.05, 0.1) is 16.8 Å². The Morgan fingerprint density at radius 3 is 2.85 bits per heavy atom. The first-order valence-electron chi connectivity index (χ1n) is 7.27. The van der Waals surface area contributed by atoms with Crippen molar-refractivity contribution in [2.24, 2.45) is 0 Å². The highest BCUT2D eigenvalue weighted by molar-refractivity contribution is 9.10. The molecule has 0 bridgehead atoms. The Hall–Kier alpha value is -0.720. The molecule has 1 aliphatic heterocycles. The summed E-state index contributed by atoms with van der Waals surface area (Å²) in [6.07, 6.45) is 1.97. The quantitative estimate of drug-likeness (QED) is 0.891. The lowest BCUT2D eigenvalue weighted by atomic mass is 10.2. The number of halogens is 1. The molecular weight excluding hydrogens is 320 g/mol. The molecule has 6 heteroatoms. The van der Waals surface area contributed by atoms with Gasteiger partial charge in [-0.3, -0.25) is 4.90 Å². The number of aromatic nitrogens is 2. The zero-order valence-corrected chi connectivity index (χ0v) is 14.0. The SMILES string of the molecule is CCCc1nc(C2CN(CC)CCO2)nc(NC)c1Br. The van der Waals surface area contributed by atoms with Gasteiger partial charge in [0.25, 0.3) is 0 Å². The third-order valence-electron chi connectivity index (χ3n) is 3.55. The van der Waals surface area contributed by atoms with Crippen LogP contribution in [0.5, 0.6) is 0 Å². The van der Waals surface area contributed by atoms with Crippen LogP contribution in [-0.2, 0) is 11.2 Å². The van der Waals surface area contributed by atoms with Crippen molar-refractivity contribution in [1.82, 2.24) is 14.9 Å². The van der Waals surface area contributed by atoms with E-state index in [2.05, 4.69) is 45.0 Å². The second-order valence-electron chi connectivity index (χ2n) is 4.94. The molecule has 2 heterocycles. The molecule has 1 saturated heterocycles. The Bertz CT molecular complexity index is 455. The van der Waals surface area contributed by atoms with Crippen molar-refractivity contribution in [3.05, 3.63) is 16.0 Å². The molecular formula is C14H23BrN4O. The standard InChI is InChI=1S/C14H23BrN4O/c1-4-6-10-12(15)14(16-3)18-13(17-10)11-9-19(5-2)7-8-20-11/h11H,4-9H2,1-3H3,(H,16,17,18). The first kappa shape index (κ1) is 15.7. The molecule has 0 saturated carbocycles. The summed E-state index contributed by atoms with van der Waals surface area (Å²) in [5.41, 5.74) is 1.05. The molecule has 20 heavy (non-hydrogen) atoms. The summed E-state index contributed by atoms with van der Waals surface area (Å²) in [4.78, 5) is 11.7. The zero-order chi connectivity index (χ0) is 14.5. The minimum Gasteiger partial charge on any atom is -0.372 e. The third-order valence-corrected chi connectivity index (χ3v) is 4.38. The van der Waals surface area contributed by atoms with E-state index in [1.54, 1.807) is 0 Å². The van der Waals surface area contributed by atoms with Crippen molar-refractivity contribution in [2.45, 2.75) is 32.8 Å². The van der Waals surface area contributed by atoms with Gasteiger partial charge in [0.15, 0.2) is 5.82 Å². The number of hydrogen-bond acceptors (Lipinski definition) is 5. The zero-order valence-electron chi connectivity index (χ0n) is 12.4. The average molecular weight is 343 g/mol. The lowest BCUT2D eigenvalue weighted by Gasteiger charge is -2.31. The van der Waals surface area contributed by atoms with Gasteiger partial charge in [0.1, 0.15) is 11.9 Å². The van der Waals surface area contributed by atoms with Gasteiger partial charge in [-0.05, 0) is 28.9 Å². The number of ether oxygens (including phenoxy) is 1. The molecule has 0 aromatic carbocycles. The van der Waals surface area contributed by atoms with Crippen LogP contribution in [0.25, 0.3) is 0 Å². The Labute approximate surface area is 129 Å². The van der Waals surface area contributed by atoms with Crippen LogP contribution in [0.1, 0.15) is 37.9 Å². The van der Waals surface area contributed by atoms with Crippen molar-refractivity contribution in [3.63, 3.8) is 0 Å². The summed E-state index contributed by atoms with van der Waals surface area (Å²) in [5, 5.41) is 3.13. The number of nitrogens with zero attached hydrogens (tertiary/aromatic N) is 3. The normalized spacial score (nSPS) is 20.1. The third kappa shape index (κ3) is 3.48. The molecule has 0 aliphatic carbocycles. The van der Waals surface area contributed by atoms with E-state index in [0.29, 0.717) is 0 Å². The van der Waals surface area contributed by atoms with Gasteiger partial charge in [0.2, 0.25) is 0 Å². The van der Waals surface area contributed by atoms with Crippen LogP contribution in [-0.4, -0.2) is 48.2 Å². The lowest BCUT2D eigenvalue weighted by molar-refractivity contribution is -0.0326. The highest BCUT2D eigenvalue weighted by Gasteiger charge is 2.25. The van der Waals surface area contributed by atoms with Crippen LogP contribution in [0.15, 0.2) is 4.47 Å². The molecule has 2 rings (SSSR count). The highest BCUT2D eigenvalue weighted by atomic mass is 79.9. The smallest absolute Gasteiger partial charge is 0.161 e. The summed E-state index contributed by atoms with van der Waals surface area (Å²) < 4.78 is 6.83. The van der Waals surface area contributed by atoms with E-state index in [1.807, 2.05) is 7.05 Å². The maximum atomic E-state index is 5.86. The van der Waals surface area contributed by atoms with E-state index in [-0.39, 0.29) is 6.10 Å². The number of hydrogen-bond donors (Lipinski definition) is 1. The molecule has 1 aliphatic rings. The number of likely N-dealkylation sites (N-methyl/N-ethyl adjacent to an activating group) is 1. The van der Waals surface area contributed by atoms with Crippen LogP contribution >= 0.6 is 15.9 Å². The van der Waals surface area contributed by atoms with Gasteiger partial charge in [0, 0.05) is 20.1 Å². The Morgan fingerprint density at radius 1 is 1.40 bits per heavy atom. The molecule has 1 aromatic rings. The Morgan fingerprint density at radius 2 is 2.20 bits per heavy atom. The van der Waals surface area contributed by atoms with E-state index in [1.165, 1.54) is 0 Å². The number of rotatable bonds is 5. The van der Waals surface area contributed by atoms with Crippen LogP contribution < -0.4 is 5.32 Å². The fourth-order valence-corrected chi connectivity index (χ4v) is 2.94. The van der Waals surface area contributed by atoms with Crippen LogP contribution in [0.4, 0.5) is 5.82 Å². The van der Waals surface area contributed by atoms with E-state index < -0.39 is 0 Å². The fraction of sp³-hybridized carbons (Fsp3) is 0.714. The molecule has 112 valence electrons. The lowest BCUT2D eigenvalue weighted by Crippen LogP contribution is -2.38. The maximum Gasteiger partial charge on any atom is 0.161 e. The second kappa shape index (κ2) is 7.33. The van der Waals surface area contributed by atoms with E-state index in [0.717, 1.165) is 60.9 Å². The number of nitrogens with one attached hydrogen (secondary N) is 1. The molecule has 1 unspecified atom stereocenters. The largest absolute Gasteiger partial charge is 0.372 e. The molecule has 0 radical (unpaired) electrons. The minimum absolute atomic E-state index is 0.0282. The van der Waals surface area contributed by atoms with Crippen molar-refractivity contribution in [2.75, 3.05) is 38.6 Å². The minimum atomic E-state index is -0.0282. The van der Waals surface area contributed by atoms with Crippen LogP contribution in [0.2, 0.25) is 0 Å². The van der Waals surface area contributed by atoms with Crippen molar-refractivity contribution in [3.8, 4) is 0 Å². The molecule has 1 atom stereocenters. The van der Waals surface area contributed by atoms with Gasteiger partial charge in [-0.2, -0.15) is 0 Å². The van der Waals surface area contributed by atoms with Crippen molar-refractivity contribution in [1.29, 1.82) is 0 Å². The molecule has 5 nitrogen and oxygen atoms in total. The summed E-state index contributed by atoms with van der Waals surface area (Å²) in [6, 6.07) is 0. The molecule has 1 N–H and O–H groups in total. The monoisotopic (exact) mass is 342 g/mol. The van der Waals surface area contributed by atoms with Gasteiger partial charge in [-0.15, -0.1) is 0 Å². The topological polar surface area (TPSA) is 50.3 Å². The number of anilines is 1. The fourth-order valence-electron chi connectivity index (χ4n) is 2.37. The Kier molecular flexibility index (Phi) is 5.74. The first-order valence-corrected chi connectivity index (χ1v) is 8.06. The summed E-state index contributed by atoms with van der Waals surface area (Å²) in [6.45, 7) is 7.97. The van der Waals surface area contributed by atoms with E-state index >= 15 is 0 Å². The molecule has 1 fully saturated rings. The summed E-state index contributed by atoms with van der Waals surface area (Å²) in [7, 11) is 1.88. The molecule has 0 amide bonds. The highest BCUT2D eigenvalue weighted by Crippen LogP contribution is 2.28. The number of morpholine rings is 1. The first-order chi connectivity index (χ1) is 9.69. The van der Waals surface area contributed by atoms with E-state index in [4.69, 9.17) is 9.72 Å². The van der Waals surface area contributed by atoms with Crippen LogP contribution in [0.3, 0.4) is 0 Å². The average Bonchev–Trinajstić information content (AvgIpc) is 2.49. The van der Waals surface area contributed by atoms with Gasteiger partial charge in [-0.25, -0.2) is 9.97 Å². The molecule has 1 aromatic heterocycles. The van der Waals surface area contributed by atoms with Crippen molar-refractivity contribution >= 4 is 21.7 Å². The predicted octanol–water partition coefficient (Wildman–Crippen LogP) is 2.63. The van der Waals surface area contributed by atoms with E-state index in [9.17, 15) is 0 Å². The predicted molar refractivity (Wildman–Crippen MR) is 84.1 cm³/mol. The summed E-state index contributed by atoms with van der Waals surface area (Å²) in [5.74, 6) is 1.63. The van der Waals surface area contributed by atoms with Crippen molar-refractivity contribution < 1.29 is 4.74 Å². The van der Waals surface area contributed by atoms with Gasteiger partial charge in [-0.1, -0.05) is 20.3 Å². The number of aryl methyl sites for hydroxylation is 1. The van der Waals surface area contributed by atoms with Gasteiger partial charge >= 0.3 is 0 Å².